The van der Waals surface area contributed by atoms with Crippen LogP contribution >= 0.6 is 0 Å². The Bertz CT molecular complexity index is 868. The molecule has 3 aromatic carbocycles. The van der Waals surface area contributed by atoms with E-state index in [-0.39, 0.29) is 0 Å². The minimum absolute atomic E-state index is 0.597. The summed E-state index contributed by atoms with van der Waals surface area (Å²) in [5.74, 6) is 0.951. The van der Waals surface area contributed by atoms with E-state index in [0.29, 0.717) is 6.61 Å². The number of rotatable bonds is 6. The molecule has 0 saturated carbocycles. The molecule has 132 valence electrons. The van der Waals surface area contributed by atoms with Gasteiger partial charge in [0.05, 0.1) is 0 Å². The van der Waals surface area contributed by atoms with E-state index in [4.69, 9.17) is 4.74 Å². The molecule has 2 nitrogen and oxygen atoms in total. The lowest BCUT2D eigenvalue weighted by Gasteiger charge is -2.30. The van der Waals surface area contributed by atoms with Crippen LogP contribution in [0.25, 0.3) is 11.1 Å². The van der Waals surface area contributed by atoms with Crippen molar-refractivity contribution in [2.24, 2.45) is 0 Å². The second-order valence-electron chi connectivity index (χ2n) is 7.02. The second-order valence-corrected chi connectivity index (χ2v) is 7.02. The van der Waals surface area contributed by atoms with Gasteiger partial charge in [-0.2, -0.15) is 0 Å². The van der Waals surface area contributed by atoms with Gasteiger partial charge in [0.25, 0.3) is 0 Å². The van der Waals surface area contributed by atoms with Crippen molar-refractivity contribution < 1.29 is 4.74 Å². The lowest BCUT2D eigenvalue weighted by atomic mass is 9.97. The van der Waals surface area contributed by atoms with Gasteiger partial charge in [-0.05, 0) is 66.4 Å². The van der Waals surface area contributed by atoms with Crippen LogP contribution in [-0.2, 0) is 13.2 Å². The largest absolute Gasteiger partial charge is 0.489 e. The second kappa shape index (κ2) is 7.76. The molecular formula is C24H25NO. The van der Waals surface area contributed by atoms with Gasteiger partial charge in [-0.25, -0.2) is 0 Å². The van der Waals surface area contributed by atoms with Crippen molar-refractivity contribution in [3.8, 4) is 16.9 Å². The van der Waals surface area contributed by atoms with Gasteiger partial charge in [0.15, 0.2) is 0 Å². The third-order valence-corrected chi connectivity index (χ3v) is 5.18. The fraction of sp³-hybridized carbons (Fsp3) is 0.250. The van der Waals surface area contributed by atoms with Gasteiger partial charge in [-0.3, -0.25) is 4.90 Å². The summed E-state index contributed by atoms with van der Waals surface area (Å²) in [6.07, 6.45) is 1.33. The Morgan fingerprint density at radius 2 is 1.69 bits per heavy atom. The van der Waals surface area contributed by atoms with Crippen molar-refractivity contribution in [1.82, 2.24) is 4.90 Å². The van der Waals surface area contributed by atoms with Crippen LogP contribution in [-0.4, -0.2) is 18.0 Å². The topological polar surface area (TPSA) is 12.5 Å². The minimum atomic E-state index is 0.597. The molecule has 0 spiro atoms. The number of ether oxygens (including phenoxy) is 1. The molecule has 26 heavy (non-hydrogen) atoms. The van der Waals surface area contributed by atoms with E-state index in [1.165, 1.54) is 47.3 Å². The van der Waals surface area contributed by atoms with Gasteiger partial charge in [-0.1, -0.05) is 60.7 Å². The van der Waals surface area contributed by atoms with E-state index in [0.717, 1.165) is 12.3 Å². The summed E-state index contributed by atoms with van der Waals surface area (Å²) in [5, 5.41) is 0. The van der Waals surface area contributed by atoms with Crippen molar-refractivity contribution in [2.75, 3.05) is 13.1 Å². The van der Waals surface area contributed by atoms with Gasteiger partial charge in [-0.15, -0.1) is 0 Å². The number of hydrogen-bond donors (Lipinski definition) is 0. The molecule has 0 unspecified atom stereocenters. The fourth-order valence-electron chi connectivity index (χ4n) is 3.46. The molecule has 0 N–H and O–H groups in total. The van der Waals surface area contributed by atoms with Crippen LogP contribution < -0.4 is 4.74 Å². The number of nitrogens with zero attached hydrogens (tertiary/aromatic N) is 1. The first kappa shape index (κ1) is 16.9. The van der Waals surface area contributed by atoms with E-state index >= 15 is 0 Å². The van der Waals surface area contributed by atoms with Crippen LogP contribution in [0, 0.1) is 6.92 Å². The lowest BCUT2D eigenvalue weighted by molar-refractivity contribution is 0.172. The summed E-state index contributed by atoms with van der Waals surface area (Å²) >= 11 is 0. The third kappa shape index (κ3) is 3.81. The molecule has 0 amide bonds. The minimum Gasteiger partial charge on any atom is -0.489 e. The van der Waals surface area contributed by atoms with Crippen LogP contribution in [0.15, 0.2) is 72.8 Å². The van der Waals surface area contributed by atoms with Crippen LogP contribution in [0.4, 0.5) is 0 Å². The van der Waals surface area contributed by atoms with Crippen LogP contribution in [0.2, 0.25) is 0 Å². The molecule has 0 aromatic heterocycles. The lowest BCUT2D eigenvalue weighted by Crippen LogP contribution is -2.36. The summed E-state index contributed by atoms with van der Waals surface area (Å²) in [7, 11) is 0. The number of hydrogen-bond acceptors (Lipinski definition) is 2. The van der Waals surface area contributed by atoms with Gasteiger partial charge in [0, 0.05) is 6.54 Å². The van der Waals surface area contributed by atoms with E-state index in [1.807, 2.05) is 0 Å². The molecule has 0 radical (unpaired) electrons. The molecule has 0 bridgehead atoms. The van der Waals surface area contributed by atoms with E-state index in [1.54, 1.807) is 0 Å². The zero-order valence-corrected chi connectivity index (χ0v) is 15.3. The van der Waals surface area contributed by atoms with Crippen molar-refractivity contribution >= 4 is 0 Å². The average Bonchev–Trinajstić information content (AvgIpc) is 2.65. The maximum absolute atomic E-state index is 6.12. The maximum Gasteiger partial charge on any atom is 0.120 e. The molecule has 2 heteroatoms. The molecule has 4 rings (SSSR count). The van der Waals surface area contributed by atoms with Gasteiger partial charge in [0.2, 0.25) is 0 Å². The molecule has 3 aromatic rings. The summed E-state index contributed by atoms with van der Waals surface area (Å²) in [6.45, 7) is 6.24. The highest BCUT2D eigenvalue weighted by molar-refractivity contribution is 5.68. The quantitative estimate of drug-likeness (QED) is 0.590. The summed E-state index contributed by atoms with van der Waals surface area (Å²) in [4.78, 5) is 2.46. The molecule has 1 heterocycles. The molecule has 1 fully saturated rings. The summed E-state index contributed by atoms with van der Waals surface area (Å²) < 4.78 is 6.12. The number of likely N-dealkylation sites (tertiary alicyclic amines) is 1. The fourth-order valence-corrected chi connectivity index (χ4v) is 3.46. The highest BCUT2D eigenvalue weighted by atomic mass is 16.5. The highest BCUT2D eigenvalue weighted by Crippen LogP contribution is 2.26. The van der Waals surface area contributed by atoms with Gasteiger partial charge in [0.1, 0.15) is 12.4 Å². The Morgan fingerprint density at radius 3 is 2.46 bits per heavy atom. The van der Waals surface area contributed by atoms with E-state index < -0.39 is 0 Å². The Morgan fingerprint density at radius 1 is 0.885 bits per heavy atom. The maximum atomic E-state index is 6.12. The molecule has 0 aliphatic carbocycles. The average molecular weight is 343 g/mol. The van der Waals surface area contributed by atoms with Gasteiger partial charge < -0.3 is 4.74 Å². The Balaban J connectivity index is 1.47. The third-order valence-electron chi connectivity index (χ3n) is 5.18. The highest BCUT2D eigenvalue weighted by Gasteiger charge is 2.14. The molecule has 1 aliphatic rings. The molecule has 1 aliphatic heterocycles. The molecular weight excluding hydrogens is 318 g/mol. The Hall–Kier alpha value is -2.58. The SMILES string of the molecule is Cc1c(COc2cccc(CN3CCC3)c2)cccc1-c1ccccc1. The van der Waals surface area contributed by atoms with Crippen molar-refractivity contribution in [3.05, 3.63) is 89.5 Å². The smallest absolute Gasteiger partial charge is 0.120 e. The van der Waals surface area contributed by atoms with E-state index in [9.17, 15) is 0 Å². The normalized spacial score (nSPS) is 14.0. The first-order valence-electron chi connectivity index (χ1n) is 9.37. The van der Waals surface area contributed by atoms with Gasteiger partial charge >= 0.3 is 0 Å². The number of benzene rings is 3. The van der Waals surface area contributed by atoms with E-state index in [2.05, 4.69) is 84.6 Å². The Kier molecular flexibility index (Phi) is 5.03. The molecule has 1 saturated heterocycles. The molecule has 0 atom stereocenters. The van der Waals surface area contributed by atoms with Crippen LogP contribution in [0.5, 0.6) is 5.75 Å². The first-order chi connectivity index (χ1) is 12.8. The van der Waals surface area contributed by atoms with Crippen molar-refractivity contribution in [2.45, 2.75) is 26.5 Å². The van der Waals surface area contributed by atoms with Crippen LogP contribution in [0.3, 0.4) is 0 Å². The zero-order chi connectivity index (χ0) is 17.8. The van der Waals surface area contributed by atoms with Crippen LogP contribution in [0.1, 0.15) is 23.1 Å². The van der Waals surface area contributed by atoms with Crippen molar-refractivity contribution in [3.63, 3.8) is 0 Å². The summed E-state index contributed by atoms with van der Waals surface area (Å²) in [5.41, 5.74) is 6.38. The Labute approximate surface area is 156 Å². The van der Waals surface area contributed by atoms with Crippen molar-refractivity contribution in [1.29, 1.82) is 0 Å². The zero-order valence-electron chi connectivity index (χ0n) is 15.3. The summed E-state index contributed by atoms with van der Waals surface area (Å²) in [6, 6.07) is 25.5. The monoisotopic (exact) mass is 343 g/mol. The predicted molar refractivity (Wildman–Crippen MR) is 107 cm³/mol. The standard InChI is InChI=1S/C24H25NO/c1-19-22(11-6-13-24(19)21-9-3-2-4-10-21)18-26-23-12-5-8-20(16-23)17-25-14-7-15-25/h2-6,8-13,16H,7,14-15,17-18H2,1H3. The first-order valence-corrected chi connectivity index (χ1v) is 9.37. The predicted octanol–water partition coefficient (Wildman–Crippen LogP) is 5.45.